The van der Waals surface area contributed by atoms with E-state index in [1.165, 1.54) is 13.8 Å². The lowest BCUT2D eigenvalue weighted by molar-refractivity contribution is -0.152. The van der Waals surface area contributed by atoms with Crippen molar-refractivity contribution in [1.29, 1.82) is 0 Å². The fourth-order valence-corrected chi connectivity index (χ4v) is 5.65. The predicted molar refractivity (Wildman–Crippen MR) is 152 cm³/mol. The number of likely N-dealkylation sites (tertiary alicyclic amines) is 1. The van der Waals surface area contributed by atoms with Gasteiger partial charge in [-0.25, -0.2) is 9.59 Å². The summed E-state index contributed by atoms with van der Waals surface area (Å²) in [6.45, 7) is 7.89. The molecule has 2 unspecified atom stereocenters. The van der Waals surface area contributed by atoms with Crippen molar-refractivity contribution in [3.8, 4) is 5.75 Å². The molecule has 210 valence electrons. The molecule has 2 aromatic rings. The van der Waals surface area contributed by atoms with Crippen molar-refractivity contribution in [2.75, 3.05) is 13.1 Å². The second-order valence-corrected chi connectivity index (χ2v) is 12.2. The van der Waals surface area contributed by atoms with E-state index >= 15 is 0 Å². The van der Waals surface area contributed by atoms with E-state index < -0.39 is 11.6 Å². The molecule has 2 aliphatic rings. The van der Waals surface area contributed by atoms with Crippen LogP contribution in [0.4, 0.5) is 4.79 Å². The number of thiol groups is 1. The van der Waals surface area contributed by atoms with Crippen LogP contribution in [0.5, 0.6) is 5.75 Å². The minimum atomic E-state index is -1.35. The van der Waals surface area contributed by atoms with Crippen molar-refractivity contribution in [1.82, 2.24) is 4.90 Å². The number of hydrogen-bond acceptors (Lipinski definition) is 6. The first-order valence-corrected chi connectivity index (χ1v) is 14.2. The van der Waals surface area contributed by atoms with Crippen molar-refractivity contribution in [2.45, 2.75) is 76.4 Å². The number of aliphatic carboxylic acids is 1. The van der Waals surface area contributed by atoms with E-state index in [0.717, 1.165) is 41.7 Å². The van der Waals surface area contributed by atoms with Crippen molar-refractivity contribution in [3.63, 3.8) is 0 Å². The highest BCUT2D eigenvalue weighted by Crippen LogP contribution is 2.33. The summed E-state index contributed by atoms with van der Waals surface area (Å²) in [5.41, 5.74) is 1.07. The molecular weight excluding hydrogens is 514 g/mol. The first-order chi connectivity index (χ1) is 18.4. The molecule has 1 saturated heterocycles. The fourth-order valence-electron chi connectivity index (χ4n) is 5.50. The topological polar surface area (TPSA) is 93.1 Å². The summed E-state index contributed by atoms with van der Waals surface area (Å²) in [4.78, 5) is 40.7. The number of aryl methyl sites for hydroxylation is 1. The van der Waals surface area contributed by atoms with Gasteiger partial charge in [0.25, 0.3) is 0 Å². The number of amides is 1. The largest absolute Gasteiger partial charge is 0.478 e. The van der Waals surface area contributed by atoms with Crippen LogP contribution >= 0.6 is 12.6 Å². The number of ether oxygens (including phenoxy) is 2. The normalized spacial score (nSPS) is 23.4. The molecule has 1 aliphatic heterocycles. The lowest BCUT2D eigenvalue weighted by Crippen LogP contribution is -2.38. The number of carbonyl (C=O) groups is 3. The average Bonchev–Trinajstić information content (AvgIpc) is 3.31. The van der Waals surface area contributed by atoms with Crippen LogP contribution in [-0.2, 0) is 16.0 Å². The van der Waals surface area contributed by atoms with Gasteiger partial charge in [-0.15, -0.1) is 12.6 Å². The van der Waals surface area contributed by atoms with Crippen molar-refractivity contribution >= 4 is 30.5 Å². The molecular formula is C31H39NO6S. The molecule has 2 aromatic carbocycles. The van der Waals surface area contributed by atoms with Gasteiger partial charge in [-0.1, -0.05) is 31.2 Å². The molecule has 0 bridgehead atoms. The summed E-state index contributed by atoms with van der Waals surface area (Å²) in [5.74, 6) is -0.319. The molecule has 7 nitrogen and oxygen atoms in total. The summed E-state index contributed by atoms with van der Waals surface area (Å²) < 4.78 is 11.6. The van der Waals surface area contributed by atoms with Crippen molar-refractivity contribution in [2.24, 2.45) is 17.8 Å². The summed E-state index contributed by atoms with van der Waals surface area (Å²) in [6.07, 6.45) is 4.09. The maximum absolute atomic E-state index is 13.6. The van der Waals surface area contributed by atoms with Crippen LogP contribution in [0.3, 0.4) is 0 Å². The zero-order chi connectivity index (χ0) is 28.3. The van der Waals surface area contributed by atoms with E-state index in [-0.39, 0.29) is 29.8 Å². The van der Waals surface area contributed by atoms with Crippen LogP contribution < -0.4 is 4.74 Å². The van der Waals surface area contributed by atoms with Crippen molar-refractivity contribution < 1.29 is 29.0 Å². The quantitative estimate of drug-likeness (QED) is 0.298. The molecule has 1 heterocycles. The maximum atomic E-state index is 13.6. The van der Waals surface area contributed by atoms with Gasteiger partial charge in [0.15, 0.2) is 11.4 Å². The number of carboxylic acids is 1. The van der Waals surface area contributed by atoms with Gasteiger partial charge in [-0.2, -0.15) is 0 Å². The molecule has 2 atom stereocenters. The Morgan fingerprint density at radius 1 is 1.03 bits per heavy atom. The summed E-state index contributed by atoms with van der Waals surface area (Å²) >= 11 is 4.33. The Balaban J connectivity index is 1.51. The molecule has 1 N–H and O–H groups in total. The Morgan fingerprint density at radius 2 is 1.69 bits per heavy atom. The third-order valence-corrected chi connectivity index (χ3v) is 8.33. The van der Waals surface area contributed by atoms with Gasteiger partial charge in [-0.05, 0) is 94.0 Å². The molecule has 8 heteroatoms. The zero-order valence-electron chi connectivity index (χ0n) is 23.2. The highest BCUT2D eigenvalue weighted by molar-refractivity contribution is 7.80. The smallest absolute Gasteiger partial charge is 0.410 e. The Bertz CT molecular complexity index is 1200. The number of carboxylic acid groups (broad SMARTS) is 1. The van der Waals surface area contributed by atoms with Crippen LogP contribution in [0, 0.1) is 24.7 Å². The molecule has 0 spiro atoms. The number of nitrogens with zero attached hydrogens (tertiary/aromatic N) is 1. The second-order valence-electron chi connectivity index (χ2n) is 11.7. The Hall–Kier alpha value is -3.00. The van der Waals surface area contributed by atoms with E-state index in [1.54, 1.807) is 35.2 Å². The summed E-state index contributed by atoms with van der Waals surface area (Å²) in [6, 6.07) is 12.8. The minimum absolute atomic E-state index is 0.00927. The van der Waals surface area contributed by atoms with E-state index in [4.69, 9.17) is 9.47 Å². The first-order valence-electron chi connectivity index (χ1n) is 13.7. The molecule has 0 aromatic heterocycles. The Labute approximate surface area is 236 Å². The van der Waals surface area contributed by atoms with Gasteiger partial charge in [0, 0.05) is 29.5 Å². The number of ketones is 1. The number of rotatable bonds is 8. The van der Waals surface area contributed by atoms with E-state index in [9.17, 15) is 19.5 Å². The number of Topliss-reactive ketones (excluding diaryl/α,β-unsaturated/α-hetero) is 1. The van der Waals surface area contributed by atoms with Crippen LogP contribution in [0.15, 0.2) is 47.4 Å². The van der Waals surface area contributed by atoms with Gasteiger partial charge in [0.2, 0.25) is 0 Å². The van der Waals surface area contributed by atoms with E-state index in [1.807, 2.05) is 19.1 Å². The monoisotopic (exact) mass is 553 g/mol. The predicted octanol–water partition coefficient (Wildman–Crippen LogP) is 6.21. The standard InChI is InChI=1S/C31H39NO6S/c1-19-5-10-24(11-6-19)37-30(36)32-17-23(26(18-32)28(33)22-8-12-25(39)13-9-22)16-21-7-14-27(20(2)15-21)38-31(3,4)29(34)35/h7-9,12-15,19,23-24,26,39H,5-6,10-11,16-18H2,1-4H3,(H,34,35). The lowest BCUT2D eigenvalue weighted by Gasteiger charge is -2.28. The third-order valence-electron chi connectivity index (χ3n) is 8.04. The molecule has 2 fully saturated rings. The molecule has 1 saturated carbocycles. The van der Waals surface area contributed by atoms with Crippen LogP contribution in [-0.4, -0.2) is 52.6 Å². The van der Waals surface area contributed by atoms with E-state index in [2.05, 4.69) is 19.6 Å². The molecule has 39 heavy (non-hydrogen) atoms. The van der Waals surface area contributed by atoms with Gasteiger partial charge in [-0.3, -0.25) is 4.79 Å². The zero-order valence-corrected chi connectivity index (χ0v) is 24.1. The average molecular weight is 554 g/mol. The minimum Gasteiger partial charge on any atom is -0.478 e. The van der Waals surface area contributed by atoms with Gasteiger partial charge < -0.3 is 19.5 Å². The number of benzene rings is 2. The Morgan fingerprint density at radius 3 is 2.31 bits per heavy atom. The molecule has 1 aliphatic carbocycles. The SMILES string of the molecule is Cc1cc(CC2CN(C(=O)OC3CCC(C)CC3)CC2C(=O)c2ccc(S)cc2)ccc1OC(C)(C)C(=O)O. The molecule has 0 radical (unpaired) electrons. The Kier molecular flexibility index (Phi) is 8.94. The van der Waals surface area contributed by atoms with Gasteiger partial charge >= 0.3 is 12.1 Å². The maximum Gasteiger partial charge on any atom is 0.410 e. The van der Waals surface area contributed by atoms with Crippen LogP contribution in [0.25, 0.3) is 0 Å². The highest BCUT2D eigenvalue weighted by Gasteiger charge is 2.41. The number of carbonyl (C=O) groups excluding carboxylic acids is 2. The second kappa shape index (κ2) is 12.0. The highest BCUT2D eigenvalue weighted by atomic mass is 32.1. The van der Waals surface area contributed by atoms with E-state index in [0.29, 0.717) is 36.7 Å². The molecule has 4 rings (SSSR count). The van der Waals surface area contributed by atoms with Crippen molar-refractivity contribution in [3.05, 3.63) is 59.2 Å². The summed E-state index contributed by atoms with van der Waals surface area (Å²) in [5, 5.41) is 9.41. The third kappa shape index (κ3) is 7.15. The molecule has 1 amide bonds. The first kappa shape index (κ1) is 29.0. The lowest BCUT2D eigenvalue weighted by atomic mass is 9.84. The summed E-state index contributed by atoms with van der Waals surface area (Å²) in [7, 11) is 0. The van der Waals surface area contributed by atoms with Crippen LogP contribution in [0.2, 0.25) is 0 Å². The van der Waals surface area contributed by atoms with Gasteiger partial charge in [0.1, 0.15) is 11.9 Å². The van der Waals surface area contributed by atoms with Gasteiger partial charge in [0.05, 0.1) is 0 Å². The number of hydrogen-bond donors (Lipinski definition) is 2. The fraction of sp³-hybridized carbons (Fsp3) is 0.516. The van der Waals surface area contributed by atoms with Crippen LogP contribution in [0.1, 0.15) is 67.9 Å².